The number of ether oxygens (including phenoxy) is 1. The number of thioether (sulfide) groups is 1. The van der Waals surface area contributed by atoms with E-state index in [1.54, 1.807) is 13.0 Å². The van der Waals surface area contributed by atoms with E-state index in [1.165, 1.54) is 31.6 Å². The lowest BCUT2D eigenvalue weighted by atomic mass is 10.2. The second-order valence-corrected chi connectivity index (χ2v) is 6.17. The fraction of sp³-hybridized carbons (Fsp3) is 0.188. The largest absolute Gasteiger partial charge is 0.495 e. The lowest BCUT2D eigenvalue weighted by molar-refractivity contribution is -0.384. The number of benzene rings is 1. The van der Waals surface area contributed by atoms with Crippen LogP contribution in [0.5, 0.6) is 5.75 Å². The summed E-state index contributed by atoms with van der Waals surface area (Å²) in [6.07, 6.45) is 1.52. The number of anilines is 1. The zero-order valence-corrected chi connectivity index (χ0v) is 15.1. The van der Waals surface area contributed by atoms with E-state index in [1.807, 2.05) is 0 Å². The van der Waals surface area contributed by atoms with E-state index in [4.69, 9.17) is 13.6 Å². The van der Waals surface area contributed by atoms with E-state index in [0.29, 0.717) is 23.0 Å². The minimum Gasteiger partial charge on any atom is -0.495 e. The Morgan fingerprint density at radius 3 is 2.85 bits per heavy atom. The van der Waals surface area contributed by atoms with Gasteiger partial charge in [0.05, 0.1) is 35.3 Å². The molecular weight excluding hydrogens is 376 g/mol. The summed E-state index contributed by atoms with van der Waals surface area (Å²) in [5.41, 5.74) is 0.730. The van der Waals surface area contributed by atoms with Crippen molar-refractivity contribution in [2.75, 3.05) is 18.2 Å². The van der Waals surface area contributed by atoms with Crippen molar-refractivity contribution in [2.24, 2.45) is 0 Å². The molecule has 0 bridgehead atoms. The highest BCUT2D eigenvalue weighted by molar-refractivity contribution is 7.99. The fourth-order valence-corrected chi connectivity index (χ4v) is 2.77. The van der Waals surface area contributed by atoms with Gasteiger partial charge in [-0.15, -0.1) is 10.2 Å². The molecule has 27 heavy (non-hydrogen) atoms. The van der Waals surface area contributed by atoms with Gasteiger partial charge in [0, 0.05) is 12.1 Å². The minimum atomic E-state index is -0.554. The maximum atomic E-state index is 12.2. The van der Waals surface area contributed by atoms with Gasteiger partial charge in [-0.2, -0.15) is 0 Å². The molecule has 0 radical (unpaired) electrons. The van der Waals surface area contributed by atoms with E-state index >= 15 is 0 Å². The number of nitrogens with one attached hydrogen (secondary N) is 1. The monoisotopic (exact) mass is 390 g/mol. The van der Waals surface area contributed by atoms with Crippen LogP contribution in [0, 0.1) is 17.0 Å². The fourth-order valence-electron chi connectivity index (χ4n) is 2.20. The number of furan rings is 1. The Kier molecular flexibility index (Phi) is 5.41. The summed E-state index contributed by atoms with van der Waals surface area (Å²) >= 11 is 1.04. The smallest absolute Gasteiger partial charge is 0.277 e. The average molecular weight is 390 g/mol. The molecule has 11 heteroatoms. The maximum Gasteiger partial charge on any atom is 0.277 e. The molecule has 0 aliphatic carbocycles. The number of methoxy groups -OCH3 is 1. The topological polar surface area (TPSA) is 134 Å². The summed E-state index contributed by atoms with van der Waals surface area (Å²) in [5, 5.41) is 21.5. The third kappa shape index (κ3) is 4.26. The van der Waals surface area contributed by atoms with E-state index in [9.17, 15) is 14.9 Å². The molecule has 10 nitrogen and oxygen atoms in total. The summed E-state index contributed by atoms with van der Waals surface area (Å²) < 4.78 is 15.8. The van der Waals surface area contributed by atoms with Crippen LogP contribution < -0.4 is 10.1 Å². The van der Waals surface area contributed by atoms with Gasteiger partial charge in [-0.05, 0) is 19.1 Å². The molecule has 0 atom stereocenters. The van der Waals surface area contributed by atoms with Crippen LogP contribution in [0.4, 0.5) is 11.4 Å². The Bertz CT molecular complexity index is 983. The van der Waals surface area contributed by atoms with Crippen molar-refractivity contribution in [2.45, 2.75) is 12.1 Å². The first-order chi connectivity index (χ1) is 13.0. The first kappa shape index (κ1) is 18.5. The van der Waals surface area contributed by atoms with E-state index in [2.05, 4.69) is 15.5 Å². The van der Waals surface area contributed by atoms with Gasteiger partial charge in [-0.1, -0.05) is 11.8 Å². The quantitative estimate of drug-likeness (QED) is 0.366. The second-order valence-electron chi connectivity index (χ2n) is 5.24. The zero-order valence-electron chi connectivity index (χ0n) is 14.3. The number of non-ortho nitro benzene ring substituents is 1. The van der Waals surface area contributed by atoms with Gasteiger partial charge in [-0.3, -0.25) is 14.9 Å². The van der Waals surface area contributed by atoms with Gasteiger partial charge in [0.15, 0.2) is 0 Å². The van der Waals surface area contributed by atoms with Crippen molar-refractivity contribution in [3.63, 3.8) is 0 Å². The molecule has 0 spiro atoms. The first-order valence-electron chi connectivity index (χ1n) is 7.61. The van der Waals surface area contributed by atoms with Gasteiger partial charge >= 0.3 is 0 Å². The standard InChI is InChI=1S/C16H14N4O6S/c1-9-11(5-6-25-9)15-18-19-16(26-15)27-8-14(21)17-12-7-10(20(22)23)3-4-13(12)24-2/h3-7H,8H2,1-2H3,(H,17,21). The number of hydrogen-bond acceptors (Lipinski definition) is 9. The number of aryl methyl sites for hydroxylation is 1. The normalized spacial score (nSPS) is 10.6. The molecule has 140 valence electrons. The van der Waals surface area contributed by atoms with Crippen molar-refractivity contribution in [3.05, 3.63) is 46.4 Å². The number of rotatable bonds is 7. The molecule has 3 aromatic rings. The van der Waals surface area contributed by atoms with Gasteiger partial charge < -0.3 is 18.9 Å². The van der Waals surface area contributed by atoms with Gasteiger partial charge in [0.2, 0.25) is 5.91 Å². The van der Waals surface area contributed by atoms with Gasteiger partial charge in [0.1, 0.15) is 11.5 Å². The molecule has 3 rings (SSSR count). The third-order valence-electron chi connectivity index (χ3n) is 3.49. The third-order valence-corrected chi connectivity index (χ3v) is 4.31. The number of amides is 1. The Morgan fingerprint density at radius 2 is 2.19 bits per heavy atom. The van der Waals surface area contributed by atoms with Crippen molar-refractivity contribution >= 4 is 29.0 Å². The summed E-state index contributed by atoms with van der Waals surface area (Å²) in [7, 11) is 1.41. The predicted molar refractivity (Wildman–Crippen MR) is 95.7 cm³/mol. The minimum absolute atomic E-state index is 0.0299. The Labute approximate surface area is 157 Å². The summed E-state index contributed by atoms with van der Waals surface area (Å²) in [6.45, 7) is 1.77. The Hall–Kier alpha value is -3.34. The second kappa shape index (κ2) is 7.91. The molecule has 2 aromatic heterocycles. The van der Waals surface area contributed by atoms with E-state index < -0.39 is 10.8 Å². The molecule has 0 saturated carbocycles. The number of nitro groups is 1. The Morgan fingerprint density at radius 1 is 1.37 bits per heavy atom. The highest BCUT2D eigenvalue weighted by Crippen LogP contribution is 2.30. The lowest BCUT2D eigenvalue weighted by Gasteiger charge is -2.09. The van der Waals surface area contributed by atoms with E-state index in [0.717, 1.165) is 11.8 Å². The molecule has 0 aliphatic heterocycles. The number of nitro benzene ring substituents is 1. The van der Waals surface area contributed by atoms with Crippen LogP contribution in [0.15, 0.2) is 44.6 Å². The van der Waals surface area contributed by atoms with E-state index in [-0.39, 0.29) is 22.4 Å². The molecule has 0 fully saturated rings. The number of carbonyl (C=O) groups excluding carboxylic acids is 1. The molecule has 0 unspecified atom stereocenters. The van der Waals surface area contributed by atoms with Crippen LogP contribution in [-0.4, -0.2) is 33.9 Å². The molecule has 0 saturated heterocycles. The van der Waals surface area contributed by atoms with Crippen LogP contribution >= 0.6 is 11.8 Å². The summed E-state index contributed by atoms with van der Waals surface area (Å²) in [4.78, 5) is 22.5. The maximum absolute atomic E-state index is 12.2. The number of nitrogens with zero attached hydrogens (tertiary/aromatic N) is 3. The predicted octanol–water partition coefficient (Wildman–Crippen LogP) is 3.29. The summed E-state index contributed by atoms with van der Waals surface area (Å²) in [6, 6.07) is 5.64. The number of aromatic nitrogens is 2. The van der Waals surface area contributed by atoms with Crippen molar-refractivity contribution in [3.8, 4) is 17.2 Å². The van der Waals surface area contributed by atoms with Gasteiger partial charge in [0.25, 0.3) is 16.8 Å². The first-order valence-corrected chi connectivity index (χ1v) is 8.59. The number of hydrogen-bond donors (Lipinski definition) is 1. The van der Waals surface area contributed by atoms with Crippen molar-refractivity contribution in [1.82, 2.24) is 10.2 Å². The molecule has 1 N–H and O–H groups in total. The SMILES string of the molecule is COc1ccc([N+](=O)[O-])cc1NC(=O)CSc1nnc(-c2ccoc2C)o1. The molecule has 1 aromatic carbocycles. The average Bonchev–Trinajstić information content (AvgIpc) is 3.28. The number of carbonyl (C=O) groups is 1. The molecule has 2 heterocycles. The lowest BCUT2D eigenvalue weighted by Crippen LogP contribution is -2.14. The Balaban J connectivity index is 1.64. The molecule has 0 aliphatic rings. The van der Waals surface area contributed by atoms with Crippen LogP contribution in [0.1, 0.15) is 5.76 Å². The van der Waals surface area contributed by atoms with Gasteiger partial charge in [-0.25, -0.2) is 0 Å². The van der Waals surface area contributed by atoms with Crippen molar-refractivity contribution < 1.29 is 23.3 Å². The highest BCUT2D eigenvalue weighted by Gasteiger charge is 2.16. The zero-order chi connectivity index (χ0) is 19.4. The highest BCUT2D eigenvalue weighted by atomic mass is 32.2. The van der Waals surface area contributed by atoms with Crippen molar-refractivity contribution in [1.29, 1.82) is 0 Å². The van der Waals surface area contributed by atoms with Crippen LogP contribution in [0.3, 0.4) is 0 Å². The van der Waals surface area contributed by atoms with Crippen LogP contribution in [0.2, 0.25) is 0 Å². The van der Waals surface area contributed by atoms with Crippen LogP contribution in [-0.2, 0) is 4.79 Å². The van der Waals surface area contributed by atoms with Crippen LogP contribution in [0.25, 0.3) is 11.5 Å². The molecule has 1 amide bonds. The summed E-state index contributed by atoms with van der Waals surface area (Å²) in [5.74, 6) is 0.820. The molecular formula is C16H14N4O6S.